The lowest BCUT2D eigenvalue weighted by atomic mass is 10.1. The van der Waals surface area contributed by atoms with Crippen LogP contribution in [0.3, 0.4) is 0 Å². The number of hydrogen-bond acceptors (Lipinski definition) is 4. The van der Waals surface area contributed by atoms with E-state index in [0.29, 0.717) is 18.8 Å². The number of furan rings is 1. The zero-order valence-corrected chi connectivity index (χ0v) is 15.5. The van der Waals surface area contributed by atoms with Gasteiger partial charge in [-0.2, -0.15) is 0 Å². The van der Waals surface area contributed by atoms with E-state index in [4.69, 9.17) is 13.9 Å². The van der Waals surface area contributed by atoms with Gasteiger partial charge >= 0.3 is 6.03 Å². The van der Waals surface area contributed by atoms with Gasteiger partial charge in [-0.25, -0.2) is 4.79 Å². The Morgan fingerprint density at radius 1 is 1.07 bits per heavy atom. The second kappa shape index (κ2) is 9.09. The first-order valence-electron chi connectivity index (χ1n) is 8.85. The quantitative estimate of drug-likeness (QED) is 0.636. The molecule has 0 aliphatic carbocycles. The van der Waals surface area contributed by atoms with Crippen LogP contribution in [0.15, 0.2) is 59.0 Å². The van der Waals surface area contributed by atoms with Crippen molar-refractivity contribution in [3.05, 3.63) is 65.9 Å². The maximum atomic E-state index is 12.0. The van der Waals surface area contributed by atoms with Crippen LogP contribution in [-0.4, -0.2) is 33.3 Å². The van der Waals surface area contributed by atoms with E-state index in [-0.39, 0.29) is 12.1 Å². The number of para-hydroxylation sites is 1. The fourth-order valence-corrected chi connectivity index (χ4v) is 2.82. The lowest BCUT2D eigenvalue weighted by Crippen LogP contribution is -2.38. The van der Waals surface area contributed by atoms with Gasteiger partial charge in [-0.1, -0.05) is 30.3 Å². The molecule has 3 aromatic rings. The molecule has 6 heteroatoms. The molecular weight excluding hydrogens is 344 g/mol. The predicted octanol–water partition coefficient (Wildman–Crippen LogP) is 3.67. The molecule has 1 atom stereocenters. The fraction of sp³-hybridized carbons (Fsp3) is 0.286. The summed E-state index contributed by atoms with van der Waals surface area (Å²) in [5.41, 5.74) is 1.94. The van der Waals surface area contributed by atoms with E-state index < -0.39 is 0 Å². The third-order valence-electron chi connectivity index (χ3n) is 4.35. The van der Waals surface area contributed by atoms with Gasteiger partial charge in [-0.15, -0.1) is 0 Å². The van der Waals surface area contributed by atoms with Gasteiger partial charge in [-0.05, 0) is 36.2 Å². The molecular formula is C21H24N2O4. The molecule has 2 aromatic carbocycles. The van der Waals surface area contributed by atoms with Crippen LogP contribution in [0.1, 0.15) is 17.4 Å². The van der Waals surface area contributed by atoms with Gasteiger partial charge in [-0.3, -0.25) is 0 Å². The summed E-state index contributed by atoms with van der Waals surface area (Å²) in [4.78, 5) is 12.0. The summed E-state index contributed by atoms with van der Waals surface area (Å²) in [5, 5.41) is 6.69. The van der Waals surface area contributed by atoms with Crippen LogP contribution < -0.4 is 15.4 Å². The Morgan fingerprint density at radius 2 is 1.85 bits per heavy atom. The molecule has 0 aliphatic rings. The van der Waals surface area contributed by atoms with Crippen LogP contribution >= 0.6 is 0 Å². The maximum absolute atomic E-state index is 12.0. The highest BCUT2D eigenvalue weighted by atomic mass is 16.5. The molecule has 2 N–H and O–H groups in total. The summed E-state index contributed by atoms with van der Waals surface area (Å²) in [6.45, 7) is 0.866. The summed E-state index contributed by atoms with van der Waals surface area (Å²) in [6.07, 6.45) is 0.402. The highest BCUT2D eigenvalue weighted by Gasteiger charge is 2.16. The van der Waals surface area contributed by atoms with Gasteiger partial charge in [0.05, 0.1) is 13.7 Å². The molecule has 142 valence electrons. The summed E-state index contributed by atoms with van der Waals surface area (Å²) < 4.78 is 16.4. The van der Waals surface area contributed by atoms with E-state index in [1.54, 1.807) is 14.2 Å². The summed E-state index contributed by atoms with van der Waals surface area (Å²) in [6, 6.07) is 17.3. The zero-order valence-electron chi connectivity index (χ0n) is 15.5. The number of ether oxygens (including phenoxy) is 2. The van der Waals surface area contributed by atoms with Gasteiger partial charge in [0.1, 0.15) is 23.2 Å². The predicted molar refractivity (Wildman–Crippen MR) is 104 cm³/mol. The van der Waals surface area contributed by atoms with Crippen molar-refractivity contribution >= 4 is 17.0 Å². The molecule has 0 radical (unpaired) electrons. The van der Waals surface area contributed by atoms with Gasteiger partial charge in [0, 0.05) is 19.0 Å². The average molecular weight is 368 g/mol. The van der Waals surface area contributed by atoms with Crippen LogP contribution in [0.25, 0.3) is 11.0 Å². The molecule has 6 nitrogen and oxygen atoms in total. The zero-order chi connectivity index (χ0) is 19.1. The first-order chi connectivity index (χ1) is 13.2. The Kier molecular flexibility index (Phi) is 6.33. The highest BCUT2D eigenvalue weighted by Crippen LogP contribution is 2.25. The van der Waals surface area contributed by atoms with Crippen molar-refractivity contribution in [2.75, 3.05) is 27.3 Å². The molecule has 0 spiro atoms. The van der Waals surface area contributed by atoms with Crippen LogP contribution in [0.4, 0.5) is 4.79 Å². The van der Waals surface area contributed by atoms with Crippen molar-refractivity contribution in [1.82, 2.24) is 10.6 Å². The minimum absolute atomic E-state index is 0.235. The van der Waals surface area contributed by atoms with Crippen molar-refractivity contribution in [3.8, 4) is 5.75 Å². The minimum atomic E-state index is -0.343. The second-order valence-corrected chi connectivity index (χ2v) is 6.15. The Bertz CT molecular complexity index is 840. The topological polar surface area (TPSA) is 72.7 Å². The highest BCUT2D eigenvalue weighted by molar-refractivity contribution is 5.78. The summed E-state index contributed by atoms with van der Waals surface area (Å²) in [5.74, 6) is 1.51. The van der Waals surface area contributed by atoms with E-state index in [2.05, 4.69) is 10.6 Å². The lowest BCUT2D eigenvalue weighted by molar-refractivity contribution is 0.0865. The second-order valence-electron chi connectivity index (χ2n) is 6.15. The molecule has 0 bridgehead atoms. The van der Waals surface area contributed by atoms with Gasteiger partial charge < -0.3 is 24.5 Å². The molecule has 0 unspecified atom stereocenters. The fourth-order valence-electron chi connectivity index (χ4n) is 2.82. The number of carbonyl (C=O) groups excluding carboxylic acids is 1. The molecule has 1 heterocycles. The Morgan fingerprint density at radius 3 is 2.56 bits per heavy atom. The molecule has 0 fully saturated rings. The maximum Gasteiger partial charge on any atom is 0.314 e. The van der Waals surface area contributed by atoms with E-state index in [0.717, 1.165) is 28.7 Å². The number of rotatable bonds is 8. The van der Waals surface area contributed by atoms with E-state index >= 15 is 0 Å². The largest absolute Gasteiger partial charge is 0.497 e. The normalized spacial score (nSPS) is 11.9. The number of carbonyl (C=O) groups is 1. The number of benzene rings is 2. The number of fused-ring (bicyclic) bond motifs is 1. The molecule has 2 amide bonds. The standard InChI is InChI=1S/C21H24N2O4/c1-25-17-9-7-15(8-10-17)11-12-22-21(24)23-14-20(26-2)19-13-16-5-3-4-6-18(16)27-19/h3-10,13,20H,11-12,14H2,1-2H3,(H2,22,23,24)/t20-/m0/s1. The van der Waals surface area contributed by atoms with Crippen molar-refractivity contribution in [2.24, 2.45) is 0 Å². The Labute approximate surface area is 158 Å². The van der Waals surface area contributed by atoms with E-state index in [9.17, 15) is 4.79 Å². The van der Waals surface area contributed by atoms with Crippen molar-refractivity contribution in [2.45, 2.75) is 12.5 Å². The molecule has 3 rings (SSSR count). The van der Waals surface area contributed by atoms with Crippen LogP contribution in [0.2, 0.25) is 0 Å². The molecule has 0 saturated heterocycles. The third kappa shape index (κ3) is 5.01. The van der Waals surface area contributed by atoms with E-state index in [1.165, 1.54) is 0 Å². The molecule has 0 aliphatic heterocycles. The molecule has 27 heavy (non-hydrogen) atoms. The third-order valence-corrected chi connectivity index (χ3v) is 4.35. The summed E-state index contributed by atoms with van der Waals surface area (Å²) >= 11 is 0. The van der Waals surface area contributed by atoms with Gasteiger partial charge in [0.25, 0.3) is 0 Å². The van der Waals surface area contributed by atoms with Gasteiger partial charge in [0.15, 0.2) is 0 Å². The first-order valence-corrected chi connectivity index (χ1v) is 8.85. The Hall–Kier alpha value is -2.99. The summed E-state index contributed by atoms with van der Waals surface area (Å²) in [7, 11) is 3.24. The SMILES string of the molecule is COc1ccc(CCNC(=O)NC[C@H](OC)c2cc3ccccc3o2)cc1. The number of nitrogens with one attached hydrogen (secondary N) is 2. The van der Waals surface area contributed by atoms with Crippen molar-refractivity contribution in [1.29, 1.82) is 0 Å². The van der Waals surface area contributed by atoms with Crippen molar-refractivity contribution in [3.63, 3.8) is 0 Å². The van der Waals surface area contributed by atoms with Crippen LogP contribution in [0.5, 0.6) is 5.75 Å². The molecule has 1 aromatic heterocycles. The molecule has 0 saturated carbocycles. The number of urea groups is 1. The Balaban J connectivity index is 1.45. The van der Waals surface area contributed by atoms with Crippen LogP contribution in [0, 0.1) is 0 Å². The lowest BCUT2D eigenvalue weighted by Gasteiger charge is -2.14. The van der Waals surface area contributed by atoms with Crippen LogP contribution in [-0.2, 0) is 11.2 Å². The number of methoxy groups -OCH3 is 2. The monoisotopic (exact) mass is 368 g/mol. The number of amides is 2. The first kappa shape index (κ1) is 18.8. The average Bonchev–Trinajstić information content (AvgIpc) is 3.13. The minimum Gasteiger partial charge on any atom is -0.497 e. The smallest absolute Gasteiger partial charge is 0.314 e. The van der Waals surface area contributed by atoms with Crippen molar-refractivity contribution < 1.29 is 18.7 Å². The van der Waals surface area contributed by atoms with Gasteiger partial charge in [0.2, 0.25) is 0 Å². The van der Waals surface area contributed by atoms with E-state index in [1.807, 2.05) is 54.6 Å². The number of hydrogen-bond donors (Lipinski definition) is 2.